The third-order valence-electron chi connectivity index (χ3n) is 5.43. The molecule has 2 aromatic heterocycles. The number of likely N-dealkylation sites (tertiary alicyclic amines) is 1. The zero-order valence-electron chi connectivity index (χ0n) is 14.3. The van der Waals surface area contributed by atoms with E-state index >= 15 is 0 Å². The Morgan fingerprint density at radius 1 is 1.36 bits per heavy atom. The molecule has 0 radical (unpaired) electrons. The number of nitrogens with one attached hydrogen (secondary N) is 1. The highest BCUT2D eigenvalue weighted by molar-refractivity contribution is 5.92. The number of hydrogen-bond donors (Lipinski definition) is 1. The molecule has 3 atom stereocenters. The van der Waals surface area contributed by atoms with E-state index in [0.717, 1.165) is 5.69 Å². The van der Waals surface area contributed by atoms with Crippen LogP contribution in [0.2, 0.25) is 0 Å². The third kappa shape index (κ3) is 2.54. The number of carbonyl (C=O) groups is 1. The lowest BCUT2D eigenvalue weighted by atomic mass is 10.1. The Labute approximate surface area is 143 Å². The van der Waals surface area contributed by atoms with Crippen molar-refractivity contribution in [3.63, 3.8) is 0 Å². The highest BCUT2D eigenvalue weighted by Gasteiger charge is 2.59. The average Bonchev–Trinajstić information content (AvgIpc) is 3.04. The highest BCUT2D eigenvalue weighted by atomic mass is 19.3. The van der Waals surface area contributed by atoms with Gasteiger partial charge in [0.2, 0.25) is 5.76 Å². The van der Waals surface area contributed by atoms with Gasteiger partial charge in [-0.15, -0.1) is 0 Å². The average molecular weight is 350 g/mol. The van der Waals surface area contributed by atoms with Crippen molar-refractivity contribution in [3.8, 4) is 0 Å². The predicted molar refractivity (Wildman–Crippen MR) is 84.5 cm³/mol. The van der Waals surface area contributed by atoms with Crippen molar-refractivity contribution in [3.05, 3.63) is 34.5 Å². The van der Waals surface area contributed by atoms with E-state index in [1.165, 1.54) is 0 Å². The fourth-order valence-electron chi connectivity index (χ4n) is 3.88. The summed E-state index contributed by atoms with van der Waals surface area (Å²) in [6.07, 6.45) is -2.65. The molecule has 0 bridgehead atoms. The maximum absolute atomic E-state index is 12.8. The number of alkyl halides is 2. The first-order valence-electron chi connectivity index (χ1n) is 8.47. The Balaban J connectivity index is 1.43. The monoisotopic (exact) mass is 350 g/mol. The highest BCUT2D eigenvalue weighted by Crippen LogP contribution is 2.59. The standard InChI is InChI=1S/C17H20F2N4O2/c1-7(2)11-4-12(21-20-11)17(24)23-5-9-10(6-23)13(9)14-8(3)15(16(18)19)25-22-14/h4,7,9-10,13,16H,5-6H2,1-3H3,(H,20,21)/t9-,10+,13?. The Bertz CT molecular complexity index is 801. The molecule has 1 aliphatic carbocycles. The smallest absolute Gasteiger partial charge is 0.298 e. The zero-order chi connectivity index (χ0) is 17.9. The fourth-order valence-corrected chi connectivity index (χ4v) is 3.88. The molecular formula is C17H20F2N4O2. The van der Waals surface area contributed by atoms with Crippen LogP contribution in [0.25, 0.3) is 0 Å². The van der Waals surface area contributed by atoms with E-state index in [9.17, 15) is 13.6 Å². The number of amides is 1. The van der Waals surface area contributed by atoms with E-state index in [4.69, 9.17) is 4.52 Å². The molecule has 1 amide bonds. The molecule has 1 saturated carbocycles. The number of rotatable bonds is 4. The van der Waals surface area contributed by atoms with Crippen LogP contribution in [0.5, 0.6) is 0 Å². The molecule has 2 aromatic rings. The van der Waals surface area contributed by atoms with Crippen LogP contribution < -0.4 is 0 Å². The molecule has 1 unspecified atom stereocenters. The second-order valence-electron chi connectivity index (χ2n) is 7.28. The Hall–Kier alpha value is -2.25. The number of aromatic amines is 1. The molecule has 134 valence electrons. The lowest BCUT2D eigenvalue weighted by Crippen LogP contribution is -2.31. The van der Waals surface area contributed by atoms with Gasteiger partial charge >= 0.3 is 0 Å². The minimum atomic E-state index is -2.65. The first-order chi connectivity index (χ1) is 11.9. The van der Waals surface area contributed by atoms with Crippen LogP contribution in [0, 0.1) is 18.8 Å². The predicted octanol–water partition coefficient (Wildman–Crippen LogP) is 3.25. The maximum Gasteiger partial charge on any atom is 0.298 e. The summed E-state index contributed by atoms with van der Waals surface area (Å²) in [5, 5.41) is 10.9. The Kier molecular flexibility index (Phi) is 3.66. The van der Waals surface area contributed by atoms with Crippen molar-refractivity contribution in [2.75, 3.05) is 13.1 Å². The summed E-state index contributed by atoms with van der Waals surface area (Å²) in [7, 11) is 0. The Morgan fingerprint density at radius 3 is 2.56 bits per heavy atom. The summed E-state index contributed by atoms with van der Waals surface area (Å²) in [6, 6.07) is 1.80. The maximum atomic E-state index is 12.8. The zero-order valence-corrected chi connectivity index (χ0v) is 14.3. The van der Waals surface area contributed by atoms with Gasteiger partial charge in [0.15, 0.2) is 0 Å². The van der Waals surface area contributed by atoms with Crippen molar-refractivity contribution in [1.82, 2.24) is 20.3 Å². The second kappa shape index (κ2) is 5.64. The molecular weight excluding hydrogens is 330 g/mol. The van der Waals surface area contributed by atoms with Gasteiger partial charge in [-0.1, -0.05) is 19.0 Å². The molecule has 2 aliphatic rings. The minimum absolute atomic E-state index is 0.0840. The molecule has 1 aliphatic heterocycles. The number of hydrogen-bond acceptors (Lipinski definition) is 4. The lowest BCUT2D eigenvalue weighted by molar-refractivity contribution is 0.0766. The molecule has 4 rings (SSSR count). The number of piperidine rings is 1. The first-order valence-corrected chi connectivity index (χ1v) is 8.47. The second-order valence-corrected chi connectivity index (χ2v) is 7.28. The topological polar surface area (TPSA) is 75.0 Å². The molecule has 6 nitrogen and oxygen atoms in total. The van der Waals surface area contributed by atoms with E-state index in [0.29, 0.717) is 30.0 Å². The van der Waals surface area contributed by atoms with Crippen LogP contribution >= 0.6 is 0 Å². The van der Waals surface area contributed by atoms with Gasteiger partial charge < -0.3 is 9.42 Å². The summed E-state index contributed by atoms with van der Waals surface area (Å²) in [5.74, 6) is 0.503. The molecule has 3 heterocycles. The SMILES string of the molecule is Cc1c(C2[C@H]3CN(C(=O)c4cc(C(C)C)[nH]n4)C[C@@H]23)noc1C(F)F. The molecule has 1 N–H and O–H groups in total. The third-order valence-corrected chi connectivity index (χ3v) is 5.43. The summed E-state index contributed by atoms with van der Waals surface area (Å²) in [5.41, 5.74) is 2.43. The van der Waals surface area contributed by atoms with Crippen molar-refractivity contribution >= 4 is 5.91 Å². The van der Waals surface area contributed by atoms with E-state index in [2.05, 4.69) is 15.4 Å². The quantitative estimate of drug-likeness (QED) is 0.918. The summed E-state index contributed by atoms with van der Waals surface area (Å²) in [4.78, 5) is 14.3. The first kappa shape index (κ1) is 16.2. The summed E-state index contributed by atoms with van der Waals surface area (Å²) < 4.78 is 30.5. The van der Waals surface area contributed by atoms with Gasteiger partial charge in [0.1, 0.15) is 5.69 Å². The van der Waals surface area contributed by atoms with Crippen molar-refractivity contribution in [2.24, 2.45) is 11.8 Å². The number of nitrogens with zero attached hydrogens (tertiary/aromatic N) is 3. The number of carbonyl (C=O) groups excluding carboxylic acids is 1. The fraction of sp³-hybridized carbons (Fsp3) is 0.588. The molecule has 25 heavy (non-hydrogen) atoms. The van der Waals surface area contributed by atoms with Crippen molar-refractivity contribution in [1.29, 1.82) is 0 Å². The normalized spacial score (nSPS) is 25.1. The minimum Gasteiger partial charge on any atom is -0.355 e. The van der Waals surface area contributed by atoms with Crippen LogP contribution in [-0.4, -0.2) is 39.3 Å². The van der Waals surface area contributed by atoms with Gasteiger partial charge in [-0.05, 0) is 30.7 Å². The Morgan fingerprint density at radius 2 is 2.04 bits per heavy atom. The van der Waals surface area contributed by atoms with Gasteiger partial charge in [0.25, 0.3) is 12.3 Å². The number of aromatic nitrogens is 3. The summed E-state index contributed by atoms with van der Waals surface area (Å²) in [6.45, 7) is 6.90. The molecule has 8 heteroatoms. The van der Waals surface area contributed by atoms with Gasteiger partial charge in [0.05, 0.1) is 5.69 Å². The van der Waals surface area contributed by atoms with Crippen molar-refractivity contribution in [2.45, 2.75) is 39.0 Å². The molecule has 2 fully saturated rings. The van der Waals surface area contributed by atoms with Crippen LogP contribution in [0.4, 0.5) is 8.78 Å². The van der Waals surface area contributed by atoms with E-state index in [1.807, 2.05) is 13.8 Å². The van der Waals surface area contributed by atoms with Gasteiger partial charge in [-0.2, -0.15) is 5.10 Å². The van der Waals surface area contributed by atoms with E-state index in [-0.39, 0.29) is 35.3 Å². The van der Waals surface area contributed by atoms with E-state index < -0.39 is 6.43 Å². The van der Waals surface area contributed by atoms with E-state index in [1.54, 1.807) is 17.9 Å². The van der Waals surface area contributed by atoms with Gasteiger partial charge in [-0.3, -0.25) is 9.89 Å². The van der Waals surface area contributed by atoms with Crippen LogP contribution in [0.1, 0.15) is 65.3 Å². The number of H-pyrrole nitrogens is 1. The molecule has 0 aromatic carbocycles. The molecule has 0 spiro atoms. The molecule has 1 saturated heterocycles. The number of fused-ring (bicyclic) bond motifs is 1. The van der Waals surface area contributed by atoms with Crippen LogP contribution in [0.3, 0.4) is 0 Å². The van der Waals surface area contributed by atoms with Gasteiger partial charge in [0, 0.05) is 30.3 Å². The van der Waals surface area contributed by atoms with Gasteiger partial charge in [-0.25, -0.2) is 8.78 Å². The lowest BCUT2D eigenvalue weighted by Gasteiger charge is -2.18. The van der Waals surface area contributed by atoms with Crippen molar-refractivity contribution < 1.29 is 18.1 Å². The van der Waals surface area contributed by atoms with Crippen LogP contribution in [-0.2, 0) is 0 Å². The number of halogens is 2. The summed E-state index contributed by atoms with van der Waals surface area (Å²) >= 11 is 0. The largest absolute Gasteiger partial charge is 0.355 e. The van der Waals surface area contributed by atoms with Crippen LogP contribution in [0.15, 0.2) is 10.6 Å².